The summed E-state index contributed by atoms with van der Waals surface area (Å²) in [5, 5.41) is 0. The van der Waals surface area contributed by atoms with Crippen molar-refractivity contribution >= 4 is 22.8 Å². The van der Waals surface area contributed by atoms with E-state index in [0.29, 0.717) is 0 Å². The molecule has 0 aromatic rings. The standard InChI is InChI=1S/3C4H11O3P.Ce/c3*1-4(2)7-8(3,5)6;/h3*4H,1-3H3,(H,5,6);. The van der Waals surface area contributed by atoms with Crippen LogP contribution in [-0.4, -0.2) is 53.0 Å². The van der Waals surface area contributed by atoms with E-state index in [1.54, 1.807) is 41.5 Å². The smallest absolute Gasteiger partial charge is 0.324 e. The Balaban J connectivity index is -0.000000130. The van der Waals surface area contributed by atoms with E-state index < -0.39 is 22.8 Å². The van der Waals surface area contributed by atoms with Crippen LogP contribution in [0.5, 0.6) is 0 Å². The van der Waals surface area contributed by atoms with E-state index in [0.717, 1.165) is 0 Å². The van der Waals surface area contributed by atoms with Gasteiger partial charge < -0.3 is 28.3 Å². The second kappa shape index (κ2) is 15.7. The molecule has 0 aliphatic rings. The summed E-state index contributed by atoms with van der Waals surface area (Å²) >= 11 is 0. The minimum Gasteiger partial charge on any atom is -0.324 e. The summed E-state index contributed by atoms with van der Waals surface area (Å²) in [4.78, 5) is 25.6. The molecule has 0 bridgehead atoms. The van der Waals surface area contributed by atoms with Gasteiger partial charge in [0, 0.05) is 61.7 Å². The Labute approximate surface area is 185 Å². The Morgan fingerprint density at radius 2 is 0.680 bits per heavy atom. The van der Waals surface area contributed by atoms with E-state index >= 15 is 0 Å². The molecule has 0 saturated heterocycles. The Morgan fingerprint density at radius 3 is 0.680 bits per heavy atom. The molecule has 0 aromatic heterocycles. The SMILES string of the molecule is CC(C)OP(C)(=O)O.CC(C)OP(C)(=O)O.CC(C)OP(C)(=O)O.[Ce]. The first kappa shape index (κ1) is 34.3. The van der Waals surface area contributed by atoms with E-state index in [2.05, 4.69) is 13.6 Å². The first-order valence-corrected chi connectivity index (χ1v) is 13.3. The first-order valence-electron chi connectivity index (χ1n) is 7.21. The third kappa shape index (κ3) is 51.8. The van der Waals surface area contributed by atoms with Crippen LogP contribution in [0.2, 0.25) is 0 Å². The maximum atomic E-state index is 10.4. The molecule has 0 aliphatic carbocycles. The van der Waals surface area contributed by atoms with Crippen LogP contribution in [0, 0.1) is 41.7 Å². The van der Waals surface area contributed by atoms with Crippen LogP contribution >= 0.6 is 22.8 Å². The summed E-state index contributed by atoms with van der Waals surface area (Å²) in [7, 11) is -9.67. The van der Waals surface area contributed by atoms with Crippen molar-refractivity contribution in [3.05, 3.63) is 0 Å². The molecule has 0 aliphatic heterocycles. The molecule has 9 nitrogen and oxygen atoms in total. The Bertz CT molecular complexity index is 384. The van der Waals surface area contributed by atoms with Gasteiger partial charge in [0.05, 0.1) is 18.3 Å². The quantitative estimate of drug-likeness (QED) is 0.420. The van der Waals surface area contributed by atoms with Crippen molar-refractivity contribution in [3.63, 3.8) is 0 Å². The van der Waals surface area contributed by atoms with Crippen LogP contribution in [0.3, 0.4) is 0 Å². The van der Waals surface area contributed by atoms with Crippen molar-refractivity contribution in [2.75, 3.05) is 20.0 Å². The third-order valence-electron chi connectivity index (χ3n) is 1.22. The second-order valence-corrected chi connectivity index (χ2v) is 11.3. The molecule has 13 heteroatoms. The van der Waals surface area contributed by atoms with Crippen LogP contribution in [0.4, 0.5) is 0 Å². The normalized spacial score (nSPS) is 17.9. The molecule has 0 aromatic carbocycles. The molecule has 0 heterocycles. The summed E-state index contributed by atoms with van der Waals surface area (Å²) in [6.07, 6.45) is -0.512. The zero-order valence-corrected chi connectivity index (χ0v) is 22.2. The summed E-state index contributed by atoms with van der Waals surface area (Å²) in [6.45, 7) is 13.8. The molecule has 0 rings (SSSR count). The summed E-state index contributed by atoms with van der Waals surface area (Å²) in [5.41, 5.74) is 0. The molecule has 0 radical (unpaired) electrons. The van der Waals surface area contributed by atoms with Crippen molar-refractivity contribution < 1.29 is 83.7 Å². The van der Waals surface area contributed by atoms with E-state index in [1.165, 1.54) is 20.0 Å². The van der Waals surface area contributed by atoms with Crippen LogP contribution in [0.25, 0.3) is 0 Å². The van der Waals surface area contributed by atoms with E-state index in [-0.39, 0.29) is 60.1 Å². The summed E-state index contributed by atoms with van der Waals surface area (Å²) < 4.78 is 44.7. The molecule has 0 fully saturated rings. The molecule has 0 spiro atoms. The molecule has 0 amide bonds. The molecule has 0 saturated carbocycles. The molecule has 3 atom stereocenters. The van der Waals surface area contributed by atoms with Crippen LogP contribution in [-0.2, 0) is 27.3 Å². The Kier molecular flexibility index (Phi) is 21.6. The fourth-order valence-corrected chi connectivity index (χ4v) is 3.52. The molecular weight excluding hydrogens is 521 g/mol. The summed E-state index contributed by atoms with van der Waals surface area (Å²) in [6, 6.07) is 0. The maximum absolute atomic E-state index is 10.4. The zero-order chi connectivity index (χ0) is 20.4. The van der Waals surface area contributed by atoms with Gasteiger partial charge in [-0.2, -0.15) is 0 Å². The van der Waals surface area contributed by atoms with Crippen molar-refractivity contribution in [2.24, 2.45) is 0 Å². The average Bonchev–Trinajstić information content (AvgIpc) is 2.04. The average molecular weight is 554 g/mol. The predicted molar refractivity (Wildman–Crippen MR) is 95.9 cm³/mol. The van der Waals surface area contributed by atoms with Gasteiger partial charge in [0.2, 0.25) is 0 Å². The van der Waals surface area contributed by atoms with Gasteiger partial charge in [0.25, 0.3) is 0 Å². The van der Waals surface area contributed by atoms with Gasteiger partial charge in [-0.1, -0.05) is 0 Å². The minimum atomic E-state index is -3.22. The summed E-state index contributed by atoms with van der Waals surface area (Å²) in [5.74, 6) is 0. The molecule has 154 valence electrons. The fraction of sp³-hybridized carbons (Fsp3) is 1.00. The number of hydrogen-bond donors (Lipinski definition) is 3. The van der Waals surface area contributed by atoms with Gasteiger partial charge in [-0.25, -0.2) is 0 Å². The Morgan fingerprint density at radius 1 is 0.560 bits per heavy atom. The first-order chi connectivity index (χ1) is 10.2. The molecular formula is C12H33CeO9P3. The van der Waals surface area contributed by atoms with Gasteiger partial charge in [-0.3, -0.25) is 13.7 Å². The monoisotopic (exact) mass is 554 g/mol. The predicted octanol–water partition coefficient (Wildman–Crippen LogP) is 3.68. The van der Waals surface area contributed by atoms with Gasteiger partial charge in [0.1, 0.15) is 0 Å². The Hall–Kier alpha value is 1.83. The maximum Gasteiger partial charge on any atom is 0.325 e. The van der Waals surface area contributed by atoms with E-state index in [4.69, 9.17) is 14.7 Å². The largest absolute Gasteiger partial charge is 0.325 e. The second-order valence-electron chi connectivity index (χ2n) is 5.87. The van der Waals surface area contributed by atoms with Gasteiger partial charge in [0.15, 0.2) is 0 Å². The van der Waals surface area contributed by atoms with Crippen LogP contribution < -0.4 is 0 Å². The fourth-order valence-electron chi connectivity index (χ4n) is 1.17. The minimum absolute atomic E-state index is 0. The molecule has 3 unspecified atom stereocenters. The van der Waals surface area contributed by atoms with Gasteiger partial charge >= 0.3 is 22.8 Å². The van der Waals surface area contributed by atoms with Crippen molar-refractivity contribution in [1.82, 2.24) is 0 Å². The third-order valence-corrected chi connectivity index (χ3v) is 3.66. The van der Waals surface area contributed by atoms with Crippen molar-refractivity contribution in [1.29, 1.82) is 0 Å². The molecule has 25 heavy (non-hydrogen) atoms. The van der Waals surface area contributed by atoms with Gasteiger partial charge in [-0.15, -0.1) is 0 Å². The topological polar surface area (TPSA) is 140 Å². The van der Waals surface area contributed by atoms with E-state index in [1.807, 2.05) is 0 Å². The van der Waals surface area contributed by atoms with Crippen molar-refractivity contribution in [2.45, 2.75) is 59.9 Å². The zero-order valence-electron chi connectivity index (χ0n) is 16.4. The van der Waals surface area contributed by atoms with Crippen molar-refractivity contribution in [3.8, 4) is 0 Å². The number of hydrogen-bond acceptors (Lipinski definition) is 6. The molecule has 3 N–H and O–H groups in total. The van der Waals surface area contributed by atoms with Crippen LogP contribution in [0.1, 0.15) is 41.5 Å². The van der Waals surface area contributed by atoms with Gasteiger partial charge in [-0.05, 0) is 41.5 Å². The van der Waals surface area contributed by atoms with Crippen LogP contribution in [0.15, 0.2) is 0 Å². The van der Waals surface area contributed by atoms with E-state index in [9.17, 15) is 13.7 Å². The number of rotatable bonds is 6.